The van der Waals surface area contributed by atoms with E-state index in [-0.39, 0.29) is 18.7 Å². The van der Waals surface area contributed by atoms with Gasteiger partial charge in [0.2, 0.25) is 5.91 Å². The van der Waals surface area contributed by atoms with E-state index in [4.69, 9.17) is 5.73 Å². The summed E-state index contributed by atoms with van der Waals surface area (Å²) >= 11 is 0. The number of nitrogens with one attached hydrogen (secondary N) is 1. The molecule has 7 nitrogen and oxygen atoms in total. The summed E-state index contributed by atoms with van der Waals surface area (Å²) in [4.78, 5) is 42.7. The van der Waals surface area contributed by atoms with Crippen LogP contribution in [0.5, 0.6) is 0 Å². The first-order valence-electron chi connectivity index (χ1n) is 10.9. The lowest BCUT2D eigenvalue weighted by Gasteiger charge is -2.38. The monoisotopic (exact) mass is 422 g/mol. The fourth-order valence-corrected chi connectivity index (χ4v) is 4.21. The molecule has 31 heavy (non-hydrogen) atoms. The third-order valence-corrected chi connectivity index (χ3v) is 6.14. The second-order valence-corrected chi connectivity index (χ2v) is 8.83. The molecule has 0 spiro atoms. The Morgan fingerprint density at radius 3 is 2.55 bits per heavy atom. The third kappa shape index (κ3) is 5.10. The maximum atomic E-state index is 13.1. The molecule has 3 amide bonds. The van der Waals surface area contributed by atoms with Gasteiger partial charge in [-0.2, -0.15) is 0 Å². The third-order valence-electron chi connectivity index (χ3n) is 6.14. The van der Waals surface area contributed by atoms with Crippen molar-refractivity contribution in [3.05, 3.63) is 59.4 Å². The first-order valence-corrected chi connectivity index (χ1v) is 10.9. The van der Waals surface area contributed by atoms with Crippen molar-refractivity contribution in [1.29, 1.82) is 0 Å². The quantitative estimate of drug-likeness (QED) is 0.721. The molecule has 1 saturated carbocycles. The number of hydrogen-bond acceptors (Lipinski definition) is 4. The highest BCUT2D eigenvalue weighted by Crippen LogP contribution is 2.35. The van der Waals surface area contributed by atoms with Crippen LogP contribution in [-0.2, 0) is 16.0 Å². The Morgan fingerprint density at radius 2 is 1.87 bits per heavy atom. The Labute approximate surface area is 183 Å². The van der Waals surface area contributed by atoms with Gasteiger partial charge in [-0.1, -0.05) is 31.2 Å². The molecule has 2 fully saturated rings. The summed E-state index contributed by atoms with van der Waals surface area (Å²) in [7, 11) is 0. The van der Waals surface area contributed by atoms with E-state index in [0.29, 0.717) is 12.5 Å². The van der Waals surface area contributed by atoms with Gasteiger partial charge in [0, 0.05) is 14.2 Å². The Morgan fingerprint density at radius 1 is 1.13 bits per heavy atom. The molecule has 1 aliphatic carbocycles. The van der Waals surface area contributed by atoms with Gasteiger partial charge in [0.1, 0.15) is 0 Å². The number of anilines is 1. The number of primary amides is 1. The maximum absolute atomic E-state index is 13.1. The molecule has 1 aromatic carbocycles. The number of hydrogen-bond donors (Lipinski definition) is 2. The molecule has 164 valence electrons. The van der Waals surface area contributed by atoms with Crippen molar-refractivity contribution in [2.24, 2.45) is 17.6 Å². The largest absolute Gasteiger partial charge is 0.366 e. The fourth-order valence-electron chi connectivity index (χ4n) is 4.21. The zero-order valence-corrected chi connectivity index (χ0v) is 17.7. The average Bonchev–Trinajstić information content (AvgIpc) is 3.58. The molecule has 4 rings (SSSR count). The highest BCUT2D eigenvalue weighted by Gasteiger charge is 2.34. The van der Waals surface area contributed by atoms with Crippen LogP contribution >= 0.6 is 0 Å². The second kappa shape index (κ2) is 8.88. The normalized spacial score (nSPS) is 20.9. The highest BCUT2D eigenvalue weighted by atomic mass is 16.2. The molecule has 2 heterocycles. The highest BCUT2D eigenvalue weighted by molar-refractivity contribution is 6.39. The van der Waals surface area contributed by atoms with Crippen LogP contribution in [0.1, 0.15) is 61.6 Å². The van der Waals surface area contributed by atoms with E-state index in [1.54, 1.807) is 4.90 Å². The topological polar surface area (TPSA) is 105 Å². The van der Waals surface area contributed by atoms with Gasteiger partial charge in [-0.3, -0.25) is 19.4 Å². The van der Waals surface area contributed by atoms with Crippen molar-refractivity contribution in [2.75, 3.05) is 11.9 Å². The molecule has 1 aromatic heterocycles. The van der Waals surface area contributed by atoms with Crippen LogP contribution in [0.4, 0.5) is 5.69 Å². The number of pyridine rings is 1. The summed E-state index contributed by atoms with van der Waals surface area (Å²) in [6.07, 6.45) is 8.27. The van der Waals surface area contributed by atoms with Gasteiger partial charge < -0.3 is 16.0 Å². The minimum atomic E-state index is -0.743. The minimum Gasteiger partial charge on any atom is -0.366 e. The number of piperidine rings is 1. The van der Waals surface area contributed by atoms with Crippen molar-refractivity contribution in [2.45, 2.75) is 45.1 Å². The number of aromatic nitrogens is 1. The van der Waals surface area contributed by atoms with Crippen LogP contribution in [0.25, 0.3) is 0 Å². The SMILES string of the molecule is C[C@@H]1CC[C@@H](c2ccc(CC3CC3)cc2)N(C(=O)C(=O)Nc2cncc(C(N)=O)c2)C1.[HH]. The van der Waals surface area contributed by atoms with Crippen LogP contribution in [0.2, 0.25) is 0 Å². The number of likely N-dealkylation sites (tertiary alicyclic amines) is 1. The molecule has 2 atom stereocenters. The molecule has 2 aromatic rings. The molecular formula is C24H30N4O3. The van der Waals surface area contributed by atoms with Crippen molar-refractivity contribution >= 4 is 23.4 Å². The van der Waals surface area contributed by atoms with Crippen LogP contribution in [0.3, 0.4) is 0 Å². The van der Waals surface area contributed by atoms with E-state index in [2.05, 4.69) is 41.5 Å². The zero-order chi connectivity index (χ0) is 22.0. The molecule has 0 radical (unpaired) electrons. The van der Waals surface area contributed by atoms with Crippen LogP contribution in [0, 0.1) is 11.8 Å². The number of nitrogens with zero attached hydrogens (tertiary/aromatic N) is 2. The summed E-state index contributed by atoms with van der Waals surface area (Å²) < 4.78 is 0. The summed E-state index contributed by atoms with van der Waals surface area (Å²) in [6, 6.07) is 9.77. The zero-order valence-electron chi connectivity index (χ0n) is 17.7. The Bertz CT molecular complexity index is 991. The molecule has 7 heteroatoms. The number of carbonyl (C=O) groups is 3. The van der Waals surface area contributed by atoms with E-state index >= 15 is 0 Å². The van der Waals surface area contributed by atoms with Gasteiger partial charge in [0.15, 0.2) is 0 Å². The molecular weight excluding hydrogens is 392 g/mol. The Balaban J connectivity index is 0.00000289. The second-order valence-electron chi connectivity index (χ2n) is 8.83. The molecule has 1 aliphatic heterocycles. The summed E-state index contributed by atoms with van der Waals surface area (Å²) in [5.41, 5.74) is 8.08. The van der Waals surface area contributed by atoms with Crippen molar-refractivity contribution in [3.63, 3.8) is 0 Å². The summed E-state index contributed by atoms with van der Waals surface area (Å²) in [6.45, 7) is 2.62. The Hall–Kier alpha value is -3.22. The van der Waals surface area contributed by atoms with Crippen LogP contribution in [-0.4, -0.2) is 34.2 Å². The van der Waals surface area contributed by atoms with Gasteiger partial charge in [-0.15, -0.1) is 0 Å². The molecule has 1 saturated heterocycles. The lowest BCUT2D eigenvalue weighted by molar-refractivity contribution is -0.146. The number of nitrogens with two attached hydrogens (primary N) is 1. The minimum absolute atomic E-state index is 0. The smallest absolute Gasteiger partial charge is 0.313 e. The van der Waals surface area contributed by atoms with E-state index in [0.717, 1.165) is 30.7 Å². The van der Waals surface area contributed by atoms with Crippen molar-refractivity contribution in [1.82, 2.24) is 9.88 Å². The maximum Gasteiger partial charge on any atom is 0.313 e. The molecule has 0 unspecified atom stereocenters. The molecule has 3 N–H and O–H groups in total. The van der Waals surface area contributed by atoms with Gasteiger partial charge in [-0.05, 0) is 61.1 Å². The first-order chi connectivity index (χ1) is 14.9. The summed E-state index contributed by atoms with van der Waals surface area (Å²) in [5.74, 6) is -0.825. The number of amides is 3. The van der Waals surface area contributed by atoms with E-state index in [1.165, 1.54) is 36.9 Å². The van der Waals surface area contributed by atoms with Gasteiger partial charge in [0.25, 0.3) is 0 Å². The van der Waals surface area contributed by atoms with Crippen molar-refractivity contribution < 1.29 is 15.8 Å². The number of carbonyl (C=O) groups excluding carboxylic acids is 3. The Kier molecular flexibility index (Phi) is 6.02. The van der Waals surface area contributed by atoms with E-state index < -0.39 is 17.7 Å². The lowest BCUT2D eigenvalue weighted by atomic mass is 9.89. The average molecular weight is 423 g/mol. The number of rotatable bonds is 5. The van der Waals surface area contributed by atoms with Gasteiger partial charge in [-0.25, -0.2) is 0 Å². The van der Waals surface area contributed by atoms with Gasteiger partial charge >= 0.3 is 11.8 Å². The number of benzene rings is 1. The fraction of sp³-hybridized carbons (Fsp3) is 0.417. The molecule has 0 bridgehead atoms. The predicted molar refractivity (Wildman–Crippen MR) is 119 cm³/mol. The van der Waals surface area contributed by atoms with Crippen LogP contribution < -0.4 is 11.1 Å². The standard InChI is InChI=1S/C24H28N4O3.H2/c1-15-2-9-21(18-7-5-17(6-8-18)10-16-3-4-16)28(14-15)24(31)23(30)27-20-11-19(22(25)29)12-26-13-20;/h5-8,11-13,15-16,21H,2-4,9-10,14H2,1H3,(H2,25,29)(H,27,30);1H/t15-,21+;/m1./s1. The van der Waals surface area contributed by atoms with Crippen LogP contribution in [0.15, 0.2) is 42.7 Å². The predicted octanol–water partition coefficient (Wildman–Crippen LogP) is 3.32. The lowest BCUT2D eigenvalue weighted by Crippen LogP contribution is -2.46. The summed E-state index contributed by atoms with van der Waals surface area (Å²) in [5, 5.41) is 2.56. The first kappa shape index (κ1) is 21.0. The van der Waals surface area contributed by atoms with E-state index in [9.17, 15) is 14.4 Å². The van der Waals surface area contributed by atoms with Crippen molar-refractivity contribution in [3.8, 4) is 0 Å². The van der Waals surface area contributed by atoms with Gasteiger partial charge in [0.05, 0.1) is 23.5 Å². The van der Waals surface area contributed by atoms with E-state index in [1.807, 2.05) is 0 Å². The molecule has 2 aliphatic rings.